The number of aromatic nitrogens is 4. The third-order valence-electron chi connectivity index (χ3n) is 4.16. The minimum absolute atomic E-state index is 0.0401. The Bertz CT molecular complexity index is 1200. The minimum Gasteiger partial charge on any atom is -0.497 e. The topological polar surface area (TPSA) is 109 Å². The quantitative estimate of drug-likeness (QED) is 0.593. The van der Waals surface area contributed by atoms with Gasteiger partial charge in [0.25, 0.3) is 5.56 Å². The molecule has 27 heavy (non-hydrogen) atoms. The van der Waals surface area contributed by atoms with E-state index < -0.39 is 0 Å². The van der Waals surface area contributed by atoms with E-state index in [1.807, 2.05) is 37.3 Å². The van der Waals surface area contributed by atoms with Gasteiger partial charge in [0.2, 0.25) is 5.95 Å². The summed E-state index contributed by atoms with van der Waals surface area (Å²) in [5, 5.41) is 0. The van der Waals surface area contributed by atoms with Gasteiger partial charge in [-0.2, -0.15) is 4.98 Å². The van der Waals surface area contributed by atoms with Crippen LogP contribution in [0.25, 0.3) is 22.6 Å². The van der Waals surface area contributed by atoms with Crippen LogP contribution in [0.15, 0.2) is 51.8 Å². The average molecular weight is 363 g/mol. The van der Waals surface area contributed by atoms with Crippen LogP contribution in [0.3, 0.4) is 0 Å². The van der Waals surface area contributed by atoms with E-state index in [4.69, 9.17) is 14.9 Å². The van der Waals surface area contributed by atoms with Gasteiger partial charge in [0.1, 0.15) is 22.7 Å². The fourth-order valence-corrected chi connectivity index (χ4v) is 2.90. The Labute approximate surface area is 154 Å². The predicted molar refractivity (Wildman–Crippen MR) is 101 cm³/mol. The molecule has 0 aliphatic carbocycles. The van der Waals surface area contributed by atoms with Crippen LogP contribution in [-0.4, -0.2) is 26.6 Å². The van der Waals surface area contributed by atoms with Gasteiger partial charge in [-0.1, -0.05) is 12.1 Å². The molecule has 8 heteroatoms. The van der Waals surface area contributed by atoms with E-state index >= 15 is 0 Å². The van der Waals surface area contributed by atoms with Gasteiger partial charge in [0, 0.05) is 0 Å². The Morgan fingerprint density at radius 1 is 1.22 bits per heavy atom. The molecule has 0 unspecified atom stereocenters. The molecule has 4 rings (SSSR count). The monoisotopic (exact) mass is 363 g/mol. The number of aryl methyl sites for hydroxylation is 1. The zero-order valence-corrected chi connectivity index (χ0v) is 14.8. The fraction of sp³-hybridized carbons (Fsp3) is 0.158. The van der Waals surface area contributed by atoms with Crippen molar-refractivity contribution in [2.75, 3.05) is 12.8 Å². The van der Waals surface area contributed by atoms with Crippen molar-refractivity contribution in [2.45, 2.75) is 13.5 Å². The van der Waals surface area contributed by atoms with Crippen LogP contribution in [0.1, 0.15) is 11.3 Å². The normalized spacial score (nSPS) is 11.0. The van der Waals surface area contributed by atoms with Crippen molar-refractivity contribution in [3.63, 3.8) is 0 Å². The number of nitrogens with zero attached hydrogens (tertiary/aromatic N) is 4. The molecule has 1 aromatic carbocycles. The maximum atomic E-state index is 12.5. The molecule has 0 saturated carbocycles. The zero-order valence-electron chi connectivity index (χ0n) is 14.8. The first-order chi connectivity index (χ1) is 13.0. The third kappa shape index (κ3) is 3.12. The van der Waals surface area contributed by atoms with E-state index in [2.05, 4.69) is 15.0 Å². The van der Waals surface area contributed by atoms with Gasteiger partial charge >= 0.3 is 0 Å². The second-order valence-electron chi connectivity index (χ2n) is 6.05. The van der Waals surface area contributed by atoms with Gasteiger partial charge in [-0.3, -0.25) is 9.36 Å². The van der Waals surface area contributed by atoms with Crippen LogP contribution in [0.4, 0.5) is 5.95 Å². The Morgan fingerprint density at radius 2 is 2.07 bits per heavy atom. The van der Waals surface area contributed by atoms with Gasteiger partial charge in [-0.15, -0.1) is 0 Å². The highest BCUT2D eigenvalue weighted by molar-refractivity contribution is 5.86. The van der Waals surface area contributed by atoms with Crippen molar-refractivity contribution in [3.8, 4) is 17.2 Å². The molecule has 0 atom stereocenters. The van der Waals surface area contributed by atoms with E-state index in [0.29, 0.717) is 34.9 Å². The molecule has 0 spiro atoms. The molecule has 4 aromatic rings. The van der Waals surface area contributed by atoms with Crippen LogP contribution in [0.2, 0.25) is 0 Å². The lowest BCUT2D eigenvalue weighted by Gasteiger charge is -2.11. The summed E-state index contributed by atoms with van der Waals surface area (Å²) in [6.45, 7) is 2.13. The number of nitrogen functional groups attached to an aromatic ring is 1. The Hall–Kier alpha value is -3.68. The van der Waals surface area contributed by atoms with Crippen molar-refractivity contribution in [2.24, 2.45) is 0 Å². The molecular formula is C19H17N5O3. The average Bonchev–Trinajstić information content (AvgIpc) is 3.10. The number of fused-ring (bicyclic) bond motifs is 1. The summed E-state index contributed by atoms with van der Waals surface area (Å²) in [6, 6.07) is 11.1. The number of rotatable bonds is 4. The summed E-state index contributed by atoms with van der Waals surface area (Å²) >= 11 is 0. The molecule has 3 heterocycles. The molecule has 0 aliphatic heterocycles. The second kappa shape index (κ2) is 6.56. The number of ether oxygens (including phenoxy) is 1. The first-order valence-electron chi connectivity index (χ1n) is 8.28. The van der Waals surface area contributed by atoms with Gasteiger partial charge in [0.15, 0.2) is 11.4 Å². The van der Waals surface area contributed by atoms with Crippen molar-refractivity contribution in [1.29, 1.82) is 0 Å². The number of furan rings is 1. The van der Waals surface area contributed by atoms with E-state index in [1.165, 1.54) is 10.8 Å². The number of benzene rings is 1. The SMILES string of the molecule is COc1cccc(Cn2c(=O)cnc3c(-c4ccc(C)o4)nc(N)nc32)c1. The molecule has 3 aromatic heterocycles. The molecular weight excluding hydrogens is 346 g/mol. The van der Waals surface area contributed by atoms with Gasteiger partial charge in [-0.05, 0) is 36.8 Å². The molecule has 0 saturated heterocycles. The lowest BCUT2D eigenvalue weighted by molar-refractivity contribution is 0.414. The Kier molecular flexibility index (Phi) is 4.08. The highest BCUT2D eigenvalue weighted by Crippen LogP contribution is 2.26. The summed E-state index contributed by atoms with van der Waals surface area (Å²) in [7, 11) is 1.60. The van der Waals surface area contributed by atoms with Crippen LogP contribution >= 0.6 is 0 Å². The number of anilines is 1. The smallest absolute Gasteiger partial charge is 0.270 e. The highest BCUT2D eigenvalue weighted by atomic mass is 16.5. The van der Waals surface area contributed by atoms with E-state index in [1.54, 1.807) is 13.2 Å². The lowest BCUT2D eigenvalue weighted by Crippen LogP contribution is -2.22. The maximum absolute atomic E-state index is 12.5. The Morgan fingerprint density at radius 3 is 2.81 bits per heavy atom. The summed E-state index contributed by atoms with van der Waals surface area (Å²) in [6.07, 6.45) is 1.25. The summed E-state index contributed by atoms with van der Waals surface area (Å²) in [5.41, 5.74) is 7.74. The molecule has 0 bridgehead atoms. The van der Waals surface area contributed by atoms with E-state index in [-0.39, 0.29) is 11.5 Å². The van der Waals surface area contributed by atoms with E-state index in [9.17, 15) is 4.79 Å². The molecule has 0 fully saturated rings. The molecule has 0 amide bonds. The van der Waals surface area contributed by atoms with Crippen LogP contribution in [0, 0.1) is 6.92 Å². The van der Waals surface area contributed by atoms with Crippen molar-refractivity contribution < 1.29 is 9.15 Å². The standard InChI is InChI=1S/C19H17N5O3/c1-11-6-7-14(27-11)16-17-18(23-19(20)22-16)24(15(25)9-21-17)10-12-4-3-5-13(8-12)26-2/h3-9H,10H2,1-2H3,(H2,20,22,23). The number of methoxy groups -OCH3 is 1. The summed E-state index contributed by atoms with van der Waals surface area (Å²) < 4.78 is 12.4. The largest absolute Gasteiger partial charge is 0.497 e. The van der Waals surface area contributed by atoms with E-state index in [0.717, 1.165) is 11.3 Å². The van der Waals surface area contributed by atoms with Gasteiger partial charge in [-0.25, -0.2) is 9.97 Å². The predicted octanol–water partition coefficient (Wildman–Crippen LogP) is 2.39. The number of nitrogens with two attached hydrogens (primary N) is 1. The number of hydrogen-bond acceptors (Lipinski definition) is 7. The zero-order chi connectivity index (χ0) is 19.0. The molecule has 8 nitrogen and oxygen atoms in total. The summed E-state index contributed by atoms with van der Waals surface area (Å²) in [5.74, 6) is 2.00. The minimum atomic E-state index is -0.287. The summed E-state index contributed by atoms with van der Waals surface area (Å²) in [4.78, 5) is 25.3. The van der Waals surface area contributed by atoms with Gasteiger partial charge in [0.05, 0.1) is 19.9 Å². The fourth-order valence-electron chi connectivity index (χ4n) is 2.90. The van der Waals surface area contributed by atoms with Crippen molar-refractivity contribution in [3.05, 3.63) is 64.3 Å². The van der Waals surface area contributed by atoms with Crippen LogP contribution in [-0.2, 0) is 6.54 Å². The third-order valence-corrected chi connectivity index (χ3v) is 4.16. The maximum Gasteiger partial charge on any atom is 0.270 e. The van der Waals surface area contributed by atoms with Crippen LogP contribution in [0.5, 0.6) is 5.75 Å². The molecule has 0 radical (unpaired) electrons. The lowest BCUT2D eigenvalue weighted by atomic mass is 10.2. The van der Waals surface area contributed by atoms with Gasteiger partial charge < -0.3 is 14.9 Å². The second-order valence-corrected chi connectivity index (χ2v) is 6.05. The van der Waals surface area contributed by atoms with Crippen molar-refractivity contribution >= 4 is 17.1 Å². The first-order valence-corrected chi connectivity index (χ1v) is 8.28. The molecule has 2 N–H and O–H groups in total. The highest BCUT2D eigenvalue weighted by Gasteiger charge is 2.17. The number of hydrogen-bond donors (Lipinski definition) is 1. The molecule has 0 aliphatic rings. The van der Waals surface area contributed by atoms with Crippen molar-refractivity contribution in [1.82, 2.24) is 19.5 Å². The Balaban J connectivity index is 1.91. The van der Waals surface area contributed by atoms with Crippen LogP contribution < -0.4 is 16.0 Å². The first kappa shape index (κ1) is 16.8. The molecule has 136 valence electrons.